The van der Waals surface area contributed by atoms with Crippen molar-refractivity contribution in [2.24, 2.45) is 5.73 Å². The highest BCUT2D eigenvalue weighted by atomic mass is 32.1. The van der Waals surface area contributed by atoms with Crippen molar-refractivity contribution >= 4 is 16.7 Å². The minimum Gasteiger partial charge on any atom is -0.345 e. The van der Waals surface area contributed by atoms with Crippen LogP contribution in [0.4, 0.5) is 18.3 Å². The van der Waals surface area contributed by atoms with Crippen molar-refractivity contribution in [2.75, 3.05) is 18.0 Å². The number of alkyl halides is 3. The Morgan fingerprint density at radius 2 is 2.19 bits per heavy atom. The maximum absolute atomic E-state index is 12.3. The molecule has 2 rings (SSSR count). The first-order valence-corrected chi connectivity index (χ1v) is 5.65. The molecule has 1 aliphatic rings. The molecule has 90 valence electrons. The van der Waals surface area contributed by atoms with Gasteiger partial charge in [-0.25, -0.2) is 0 Å². The third-order valence-electron chi connectivity index (χ3n) is 2.40. The summed E-state index contributed by atoms with van der Waals surface area (Å²) in [5, 5.41) is 0.308. The van der Waals surface area contributed by atoms with Crippen molar-refractivity contribution in [3.63, 3.8) is 0 Å². The molecule has 1 saturated heterocycles. The van der Waals surface area contributed by atoms with Crippen LogP contribution < -0.4 is 10.6 Å². The van der Waals surface area contributed by atoms with Gasteiger partial charge in [-0.2, -0.15) is 22.5 Å². The van der Waals surface area contributed by atoms with Gasteiger partial charge in [-0.15, -0.1) is 0 Å². The monoisotopic (exact) mass is 252 g/mol. The molecule has 16 heavy (non-hydrogen) atoms. The smallest absolute Gasteiger partial charge is 0.345 e. The van der Waals surface area contributed by atoms with Crippen LogP contribution in [0, 0.1) is 0 Å². The normalized spacial score (nSPS) is 22.5. The Labute approximate surface area is 94.4 Å². The van der Waals surface area contributed by atoms with Gasteiger partial charge in [0.05, 0.1) is 0 Å². The number of piperidine rings is 1. The highest BCUT2D eigenvalue weighted by Crippen LogP contribution is 2.30. The van der Waals surface area contributed by atoms with Crippen LogP contribution in [0.15, 0.2) is 0 Å². The molecule has 4 nitrogen and oxygen atoms in total. The Balaban J connectivity index is 2.12. The molecule has 0 saturated carbocycles. The highest BCUT2D eigenvalue weighted by molar-refractivity contribution is 7.09. The van der Waals surface area contributed by atoms with Gasteiger partial charge in [-0.05, 0) is 12.8 Å². The van der Waals surface area contributed by atoms with Gasteiger partial charge in [0.2, 0.25) is 11.0 Å². The lowest BCUT2D eigenvalue weighted by molar-refractivity contribution is -0.144. The largest absolute Gasteiger partial charge is 0.452 e. The number of nitrogens with zero attached hydrogens (tertiary/aromatic N) is 3. The van der Waals surface area contributed by atoms with Crippen molar-refractivity contribution in [1.29, 1.82) is 0 Å². The lowest BCUT2D eigenvalue weighted by Gasteiger charge is -2.29. The van der Waals surface area contributed by atoms with Gasteiger partial charge >= 0.3 is 6.18 Å². The molecule has 0 amide bonds. The van der Waals surface area contributed by atoms with Gasteiger partial charge in [0.15, 0.2) is 0 Å². The Morgan fingerprint density at radius 3 is 2.75 bits per heavy atom. The van der Waals surface area contributed by atoms with Gasteiger partial charge in [0.1, 0.15) is 0 Å². The van der Waals surface area contributed by atoms with Crippen molar-refractivity contribution in [3.05, 3.63) is 5.82 Å². The predicted octanol–water partition coefficient (Wildman–Crippen LogP) is 1.48. The molecule has 1 aromatic rings. The van der Waals surface area contributed by atoms with Crippen LogP contribution in [0.3, 0.4) is 0 Å². The molecule has 0 spiro atoms. The third kappa shape index (κ3) is 2.43. The van der Waals surface area contributed by atoms with Crippen LogP contribution in [-0.2, 0) is 6.18 Å². The van der Waals surface area contributed by atoms with E-state index in [1.165, 1.54) is 0 Å². The second-order valence-corrected chi connectivity index (χ2v) is 4.48. The van der Waals surface area contributed by atoms with Crippen LogP contribution in [0.1, 0.15) is 18.7 Å². The molecule has 0 aliphatic carbocycles. The Bertz CT molecular complexity index is 364. The van der Waals surface area contributed by atoms with Crippen LogP contribution in [-0.4, -0.2) is 28.5 Å². The van der Waals surface area contributed by atoms with Crippen LogP contribution in [0.5, 0.6) is 0 Å². The van der Waals surface area contributed by atoms with E-state index in [0.29, 0.717) is 18.2 Å². The molecule has 0 bridgehead atoms. The van der Waals surface area contributed by atoms with E-state index in [0.717, 1.165) is 24.4 Å². The van der Waals surface area contributed by atoms with Gasteiger partial charge < -0.3 is 10.6 Å². The molecule has 1 atom stereocenters. The summed E-state index contributed by atoms with van der Waals surface area (Å²) < 4.78 is 40.2. The van der Waals surface area contributed by atoms with E-state index >= 15 is 0 Å². The van der Waals surface area contributed by atoms with Crippen molar-refractivity contribution < 1.29 is 13.2 Å². The van der Waals surface area contributed by atoms with Crippen molar-refractivity contribution in [3.8, 4) is 0 Å². The molecule has 0 unspecified atom stereocenters. The number of rotatable bonds is 1. The summed E-state index contributed by atoms with van der Waals surface area (Å²) in [6.07, 6.45) is -2.68. The first kappa shape index (κ1) is 11.6. The summed E-state index contributed by atoms with van der Waals surface area (Å²) in [7, 11) is 0. The number of halogens is 3. The fourth-order valence-corrected chi connectivity index (χ4v) is 2.36. The number of hydrogen-bond donors (Lipinski definition) is 1. The number of aromatic nitrogens is 2. The number of hydrogen-bond acceptors (Lipinski definition) is 5. The molecule has 1 fully saturated rings. The van der Waals surface area contributed by atoms with Crippen molar-refractivity contribution in [1.82, 2.24) is 9.36 Å². The Kier molecular flexibility index (Phi) is 3.02. The van der Waals surface area contributed by atoms with E-state index in [1.807, 2.05) is 0 Å². The Morgan fingerprint density at radius 1 is 1.44 bits per heavy atom. The van der Waals surface area contributed by atoms with E-state index < -0.39 is 12.0 Å². The molecule has 1 aromatic heterocycles. The second-order valence-electron chi connectivity index (χ2n) is 3.75. The molecular formula is C8H11F3N4S. The fraction of sp³-hybridized carbons (Fsp3) is 0.750. The first-order chi connectivity index (χ1) is 7.47. The van der Waals surface area contributed by atoms with Gasteiger partial charge in [0.25, 0.3) is 0 Å². The maximum Gasteiger partial charge on any atom is 0.452 e. The first-order valence-electron chi connectivity index (χ1n) is 4.88. The van der Waals surface area contributed by atoms with Gasteiger partial charge in [-0.3, -0.25) is 0 Å². The summed E-state index contributed by atoms with van der Waals surface area (Å²) >= 11 is 0.774. The predicted molar refractivity (Wildman–Crippen MR) is 54.3 cm³/mol. The van der Waals surface area contributed by atoms with Gasteiger partial charge in [-0.1, -0.05) is 0 Å². The number of nitrogens with two attached hydrogens (primary N) is 1. The average Bonchev–Trinajstić information content (AvgIpc) is 2.65. The standard InChI is InChI=1S/C8H11F3N4S/c9-8(10,11)6-13-7(16-14-6)15-3-1-2-5(12)4-15/h5H,1-4,12H2/t5-/m1/s1. The van der Waals surface area contributed by atoms with E-state index in [1.54, 1.807) is 4.90 Å². The zero-order valence-electron chi connectivity index (χ0n) is 8.37. The van der Waals surface area contributed by atoms with Crippen LogP contribution in [0.25, 0.3) is 0 Å². The topological polar surface area (TPSA) is 55.0 Å². The van der Waals surface area contributed by atoms with Crippen LogP contribution in [0.2, 0.25) is 0 Å². The summed E-state index contributed by atoms with van der Waals surface area (Å²) in [5.41, 5.74) is 5.75. The SMILES string of the molecule is N[C@@H]1CCCN(c2nc(C(F)(F)F)ns2)C1. The second kappa shape index (κ2) is 4.17. The summed E-state index contributed by atoms with van der Waals surface area (Å²) in [6.45, 7) is 1.24. The molecule has 2 heterocycles. The molecule has 0 radical (unpaired) electrons. The lowest BCUT2D eigenvalue weighted by Crippen LogP contribution is -2.42. The third-order valence-corrected chi connectivity index (χ3v) is 3.17. The van der Waals surface area contributed by atoms with Gasteiger partial charge in [0, 0.05) is 30.7 Å². The maximum atomic E-state index is 12.3. The minimum atomic E-state index is -4.47. The number of anilines is 1. The molecule has 1 aliphatic heterocycles. The van der Waals surface area contributed by atoms with E-state index in [9.17, 15) is 13.2 Å². The summed E-state index contributed by atoms with van der Waals surface area (Å²) in [5.74, 6) is -1.06. The van der Waals surface area contributed by atoms with E-state index in [2.05, 4.69) is 9.36 Å². The van der Waals surface area contributed by atoms with E-state index in [-0.39, 0.29) is 6.04 Å². The fourth-order valence-electron chi connectivity index (χ4n) is 1.64. The Hall–Kier alpha value is -0.890. The summed E-state index contributed by atoms with van der Waals surface area (Å²) in [6, 6.07) is 0.00647. The minimum absolute atomic E-state index is 0.00647. The van der Waals surface area contributed by atoms with Crippen LogP contribution >= 0.6 is 11.5 Å². The zero-order chi connectivity index (χ0) is 11.8. The lowest BCUT2D eigenvalue weighted by atomic mass is 10.1. The molecule has 0 aromatic carbocycles. The summed E-state index contributed by atoms with van der Waals surface area (Å²) in [4.78, 5) is 5.26. The highest BCUT2D eigenvalue weighted by Gasteiger charge is 2.36. The molecule has 8 heteroatoms. The quantitative estimate of drug-likeness (QED) is 0.822. The zero-order valence-corrected chi connectivity index (χ0v) is 9.18. The van der Waals surface area contributed by atoms with E-state index in [4.69, 9.17) is 5.73 Å². The average molecular weight is 252 g/mol. The van der Waals surface area contributed by atoms with Crippen molar-refractivity contribution in [2.45, 2.75) is 25.1 Å². The molecule has 2 N–H and O–H groups in total. The molecular weight excluding hydrogens is 241 g/mol.